The van der Waals surface area contributed by atoms with Crippen LogP contribution in [-0.2, 0) is 4.79 Å². The molecule has 2 aliphatic carbocycles. The molecule has 0 spiro atoms. The smallest absolute Gasteiger partial charge is 0.170 e. The third kappa shape index (κ3) is 2.60. The van der Waals surface area contributed by atoms with Crippen molar-refractivity contribution < 1.29 is 4.79 Å². The largest absolute Gasteiger partial charge is 0.313 e. The average Bonchev–Trinajstić information content (AvgIpc) is 3.14. The van der Waals surface area contributed by atoms with Crippen LogP contribution in [0.1, 0.15) is 38.5 Å². The second-order valence-corrected chi connectivity index (χ2v) is 6.19. The molecule has 18 heavy (non-hydrogen) atoms. The lowest BCUT2D eigenvalue weighted by Crippen LogP contribution is -2.62. The lowest BCUT2D eigenvalue weighted by Gasteiger charge is -2.35. The summed E-state index contributed by atoms with van der Waals surface area (Å²) in [6.45, 7) is 3.74. The van der Waals surface area contributed by atoms with Crippen LogP contribution >= 0.6 is 0 Å². The van der Waals surface area contributed by atoms with Gasteiger partial charge in [-0.25, -0.2) is 0 Å². The van der Waals surface area contributed by atoms with Crippen molar-refractivity contribution >= 4 is 5.78 Å². The first-order valence-electron chi connectivity index (χ1n) is 7.54. The van der Waals surface area contributed by atoms with E-state index in [1.807, 2.05) is 0 Å². The molecule has 3 aliphatic rings. The fraction of sp³-hybridized carbons (Fsp3) is 0.929. The number of carbonyl (C=O) groups is 1. The van der Waals surface area contributed by atoms with Gasteiger partial charge in [0.25, 0.3) is 0 Å². The van der Waals surface area contributed by atoms with Crippen molar-refractivity contribution in [3.8, 4) is 0 Å². The van der Waals surface area contributed by atoms with Gasteiger partial charge in [0, 0.05) is 19.6 Å². The standard InChI is InChI=1S/C14H25N3O/c18-13(12-10-15-7-8-16-12)14(5-1-2-6-14)17-9-11-3-4-11/h11-12,15-17H,1-10H2. The van der Waals surface area contributed by atoms with E-state index in [1.165, 1.54) is 25.7 Å². The van der Waals surface area contributed by atoms with Gasteiger partial charge in [0.1, 0.15) is 0 Å². The van der Waals surface area contributed by atoms with Crippen LogP contribution in [-0.4, -0.2) is 43.5 Å². The van der Waals surface area contributed by atoms with Crippen LogP contribution in [0.15, 0.2) is 0 Å². The Morgan fingerprint density at radius 1 is 1.22 bits per heavy atom. The van der Waals surface area contributed by atoms with Crippen molar-refractivity contribution in [1.29, 1.82) is 0 Å². The summed E-state index contributed by atoms with van der Waals surface area (Å²) in [4.78, 5) is 12.8. The van der Waals surface area contributed by atoms with Crippen molar-refractivity contribution in [1.82, 2.24) is 16.0 Å². The van der Waals surface area contributed by atoms with Crippen molar-refractivity contribution in [2.75, 3.05) is 26.2 Å². The average molecular weight is 251 g/mol. The zero-order valence-corrected chi connectivity index (χ0v) is 11.1. The predicted octanol–water partition coefficient (Wildman–Crippen LogP) is 0.429. The highest BCUT2D eigenvalue weighted by molar-refractivity contribution is 5.93. The van der Waals surface area contributed by atoms with Crippen LogP contribution in [0.4, 0.5) is 0 Å². The normalized spacial score (nSPS) is 31.4. The van der Waals surface area contributed by atoms with E-state index >= 15 is 0 Å². The molecule has 4 nitrogen and oxygen atoms in total. The molecular formula is C14H25N3O. The van der Waals surface area contributed by atoms with Crippen LogP contribution in [0, 0.1) is 5.92 Å². The number of nitrogens with one attached hydrogen (secondary N) is 3. The summed E-state index contributed by atoms with van der Waals surface area (Å²) >= 11 is 0. The molecule has 3 fully saturated rings. The molecular weight excluding hydrogens is 226 g/mol. The summed E-state index contributed by atoms with van der Waals surface area (Å²) in [7, 11) is 0. The van der Waals surface area contributed by atoms with Crippen LogP contribution in [0.3, 0.4) is 0 Å². The van der Waals surface area contributed by atoms with E-state index in [2.05, 4.69) is 16.0 Å². The third-order valence-electron chi connectivity index (χ3n) is 4.71. The lowest BCUT2D eigenvalue weighted by molar-refractivity contribution is -0.127. The van der Waals surface area contributed by atoms with Gasteiger partial charge in [-0.05, 0) is 38.1 Å². The summed E-state index contributed by atoms with van der Waals surface area (Å²) in [5.74, 6) is 1.25. The molecule has 0 amide bonds. The van der Waals surface area contributed by atoms with Gasteiger partial charge in [0.05, 0.1) is 11.6 Å². The summed E-state index contributed by atoms with van der Waals surface area (Å²) in [5, 5.41) is 10.3. The Hall–Kier alpha value is -0.450. The summed E-state index contributed by atoms with van der Waals surface area (Å²) in [6.07, 6.45) is 7.17. The van der Waals surface area contributed by atoms with E-state index in [4.69, 9.17) is 0 Å². The van der Waals surface area contributed by atoms with E-state index < -0.39 is 0 Å². The molecule has 1 heterocycles. The van der Waals surface area contributed by atoms with Crippen molar-refractivity contribution in [3.05, 3.63) is 0 Å². The molecule has 1 unspecified atom stereocenters. The molecule has 1 saturated heterocycles. The van der Waals surface area contributed by atoms with Crippen LogP contribution < -0.4 is 16.0 Å². The number of piperazine rings is 1. The topological polar surface area (TPSA) is 53.2 Å². The van der Waals surface area contributed by atoms with E-state index in [0.29, 0.717) is 5.78 Å². The summed E-state index contributed by atoms with van der Waals surface area (Å²) in [5.41, 5.74) is -0.209. The molecule has 0 aromatic carbocycles. The van der Waals surface area contributed by atoms with Crippen LogP contribution in [0.2, 0.25) is 0 Å². The number of Topliss-reactive ketones (excluding diaryl/α,β-unsaturated/α-hetero) is 1. The summed E-state index contributed by atoms with van der Waals surface area (Å²) in [6, 6.07) is 0.0172. The zero-order valence-electron chi connectivity index (χ0n) is 11.1. The number of carbonyl (C=O) groups excluding carboxylic acids is 1. The SMILES string of the molecule is O=C(C1CNCCN1)C1(NCC2CC2)CCCC1. The first-order chi connectivity index (χ1) is 8.80. The fourth-order valence-corrected chi connectivity index (χ4v) is 3.32. The zero-order chi connectivity index (χ0) is 12.4. The molecule has 1 aliphatic heterocycles. The molecule has 3 rings (SSSR count). The molecule has 0 aromatic heterocycles. The maximum Gasteiger partial charge on any atom is 0.170 e. The molecule has 3 N–H and O–H groups in total. The number of hydrogen-bond acceptors (Lipinski definition) is 4. The Balaban J connectivity index is 1.64. The molecule has 0 radical (unpaired) electrons. The Labute approximate surface area is 109 Å². The Morgan fingerprint density at radius 3 is 2.61 bits per heavy atom. The van der Waals surface area contributed by atoms with Gasteiger partial charge in [0.2, 0.25) is 0 Å². The fourth-order valence-electron chi connectivity index (χ4n) is 3.32. The van der Waals surface area contributed by atoms with Crippen molar-refractivity contribution in [2.45, 2.75) is 50.1 Å². The third-order valence-corrected chi connectivity index (χ3v) is 4.71. The quantitative estimate of drug-likeness (QED) is 0.663. The Morgan fingerprint density at radius 2 is 2.00 bits per heavy atom. The number of ketones is 1. The van der Waals surface area contributed by atoms with Gasteiger partial charge >= 0.3 is 0 Å². The minimum Gasteiger partial charge on any atom is -0.313 e. The second-order valence-electron chi connectivity index (χ2n) is 6.19. The van der Waals surface area contributed by atoms with E-state index in [9.17, 15) is 4.79 Å². The number of rotatable bonds is 5. The van der Waals surface area contributed by atoms with Gasteiger partial charge in [-0.3, -0.25) is 4.79 Å². The summed E-state index contributed by atoms with van der Waals surface area (Å²) < 4.78 is 0. The van der Waals surface area contributed by atoms with Crippen LogP contribution in [0.25, 0.3) is 0 Å². The minimum absolute atomic E-state index is 0.0172. The highest BCUT2D eigenvalue weighted by atomic mass is 16.1. The second kappa shape index (κ2) is 5.27. The van der Waals surface area contributed by atoms with Gasteiger partial charge in [0.15, 0.2) is 5.78 Å². The van der Waals surface area contributed by atoms with E-state index in [0.717, 1.165) is 44.9 Å². The van der Waals surface area contributed by atoms with Crippen molar-refractivity contribution in [2.24, 2.45) is 5.92 Å². The van der Waals surface area contributed by atoms with Gasteiger partial charge < -0.3 is 16.0 Å². The number of hydrogen-bond donors (Lipinski definition) is 3. The van der Waals surface area contributed by atoms with Gasteiger partial charge in [-0.15, -0.1) is 0 Å². The monoisotopic (exact) mass is 251 g/mol. The Bertz CT molecular complexity index is 302. The Kier molecular flexibility index (Phi) is 3.68. The molecule has 1 atom stereocenters. The maximum atomic E-state index is 12.8. The molecule has 4 heteroatoms. The van der Waals surface area contributed by atoms with Crippen molar-refractivity contribution in [3.63, 3.8) is 0 Å². The molecule has 2 saturated carbocycles. The molecule has 0 aromatic rings. The van der Waals surface area contributed by atoms with E-state index in [-0.39, 0.29) is 11.6 Å². The minimum atomic E-state index is -0.209. The lowest BCUT2D eigenvalue weighted by atomic mass is 9.86. The highest BCUT2D eigenvalue weighted by Crippen LogP contribution is 2.34. The molecule has 0 bridgehead atoms. The highest BCUT2D eigenvalue weighted by Gasteiger charge is 2.44. The first kappa shape index (κ1) is 12.6. The molecule has 102 valence electrons. The van der Waals surface area contributed by atoms with E-state index in [1.54, 1.807) is 0 Å². The van der Waals surface area contributed by atoms with Gasteiger partial charge in [-0.2, -0.15) is 0 Å². The maximum absolute atomic E-state index is 12.8. The first-order valence-corrected chi connectivity index (χ1v) is 7.54. The predicted molar refractivity (Wildman–Crippen MR) is 71.6 cm³/mol. The van der Waals surface area contributed by atoms with Crippen LogP contribution in [0.5, 0.6) is 0 Å². The van der Waals surface area contributed by atoms with Gasteiger partial charge in [-0.1, -0.05) is 12.8 Å².